The number of hydrogen-bond donors (Lipinski definition) is 1. The molecule has 0 N–H and O–H groups in total. The molecule has 0 aliphatic rings. The van der Waals surface area contributed by atoms with E-state index >= 15 is 0 Å². The second kappa shape index (κ2) is 5.53. The van der Waals surface area contributed by atoms with E-state index in [9.17, 15) is 0 Å². The highest BCUT2D eigenvalue weighted by Gasteiger charge is 2.06. The molecular weight excluding hydrogens is 151 g/mol. The van der Waals surface area contributed by atoms with Crippen molar-refractivity contribution in [2.24, 2.45) is 0 Å². The van der Waals surface area contributed by atoms with Gasteiger partial charge in [-0.1, -0.05) is 18.8 Å². The van der Waals surface area contributed by atoms with Crippen LogP contribution in [0, 0.1) is 0 Å². The molecule has 0 aromatic heterocycles. The summed E-state index contributed by atoms with van der Waals surface area (Å²) in [5.41, 5.74) is 2.42. The van der Waals surface area contributed by atoms with E-state index in [0.717, 1.165) is 20.0 Å². The lowest BCUT2D eigenvalue weighted by Gasteiger charge is -2.11. The fourth-order valence-electron chi connectivity index (χ4n) is 0.962. The zero-order chi connectivity index (χ0) is 8.85. The molecule has 1 atom stereocenters. The highest BCUT2D eigenvalue weighted by atomic mass is 32.1. The molecule has 0 radical (unpaired) electrons. The number of hydrogen-bond acceptors (Lipinski definition) is 1. The van der Waals surface area contributed by atoms with Crippen LogP contribution in [-0.2, 0) is 0 Å². The molecular formula is C9H17BS. The van der Waals surface area contributed by atoms with Gasteiger partial charge < -0.3 is 0 Å². The Balaban J connectivity index is 3.73. The monoisotopic (exact) mass is 168 g/mol. The molecule has 1 unspecified atom stereocenters. The maximum Gasteiger partial charge on any atom is 0.152 e. The van der Waals surface area contributed by atoms with Crippen molar-refractivity contribution in [3.8, 4) is 0 Å². The zero-order valence-corrected chi connectivity index (χ0v) is 8.45. The lowest BCUT2D eigenvalue weighted by molar-refractivity contribution is 0.993. The van der Waals surface area contributed by atoms with Crippen LogP contribution in [0.2, 0.25) is 6.32 Å². The Morgan fingerprint density at radius 1 is 1.55 bits per heavy atom. The topological polar surface area (TPSA) is 0 Å². The summed E-state index contributed by atoms with van der Waals surface area (Å²) < 4.78 is 0. The largest absolute Gasteiger partial charge is 0.172 e. The van der Waals surface area contributed by atoms with Gasteiger partial charge in [-0.15, -0.1) is 18.6 Å². The second-order valence-corrected chi connectivity index (χ2v) is 3.71. The zero-order valence-electron chi connectivity index (χ0n) is 7.56. The van der Waals surface area contributed by atoms with Gasteiger partial charge in [-0.05, 0) is 13.3 Å². The first-order chi connectivity index (χ1) is 5.07. The average Bonchev–Trinajstić information content (AvgIpc) is 1.86. The molecule has 0 bridgehead atoms. The average molecular weight is 168 g/mol. The molecule has 2 heteroatoms. The van der Waals surface area contributed by atoms with Crippen molar-refractivity contribution in [1.29, 1.82) is 0 Å². The van der Waals surface area contributed by atoms with Crippen molar-refractivity contribution in [3.63, 3.8) is 0 Å². The van der Waals surface area contributed by atoms with Gasteiger partial charge in [-0.25, -0.2) is 0 Å². The Morgan fingerprint density at radius 2 is 2.09 bits per heavy atom. The van der Waals surface area contributed by atoms with Crippen LogP contribution in [0.5, 0.6) is 0 Å². The Kier molecular flexibility index (Phi) is 5.48. The smallest absolute Gasteiger partial charge is 0.152 e. The van der Waals surface area contributed by atoms with Gasteiger partial charge in [-0.3, -0.25) is 0 Å². The maximum absolute atomic E-state index is 4.44. The molecule has 0 heterocycles. The number of allylic oxidation sites excluding steroid dienone is 1. The van der Waals surface area contributed by atoms with E-state index in [-0.39, 0.29) is 0 Å². The summed E-state index contributed by atoms with van der Waals surface area (Å²) in [6, 6.07) is 0. The van der Waals surface area contributed by atoms with Crippen LogP contribution in [0.25, 0.3) is 0 Å². The van der Waals surface area contributed by atoms with Crippen molar-refractivity contribution in [2.75, 3.05) is 0 Å². The van der Waals surface area contributed by atoms with Gasteiger partial charge in [0, 0.05) is 5.25 Å². The van der Waals surface area contributed by atoms with E-state index in [2.05, 4.69) is 32.7 Å². The SMILES string of the molecule is C=C(C)CC(S)C(=C)BCC. The van der Waals surface area contributed by atoms with Crippen LogP contribution in [0.1, 0.15) is 20.3 Å². The molecule has 0 aliphatic carbocycles. The van der Waals surface area contributed by atoms with E-state index in [0.29, 0.717) is 5.25 Å². The minimum Gasteiger partial charge on any atom is -0.172 e. The number of rotatable bonds is 5. The van der Waals surface area contributed by atoms with E-state index in [1.165, 1.54) is 11.0 Å². The molecule has 0 amide bonds. The highest BCUT2D eigenvalue weighted by molar-refractivity contribution is 7.81. The fourth-order valence-corrected chi connectivity index (χ4v) is 1.40. The van der Waals surface area contributed by atoms with Crippen molar-refractivity contribution in [1.82, 2.24) is 0 Å². The molecule has 0 nitrogen and oxygen atoms in total. The minimum absolute atomic E-state index is 0.312. The lowest BCUT2D eigenvalue weighted by atomic mass is 9.66. The van der Waals surface area contributed by atoms with E-state index in [1.54, 1.807) is 0 Å². The molecule has 11 heavy (non-hydrogen) atoms. The van der Waals surface area contributed by atoms with Crippen LogP contribution < -0.4 is 0 Å². The van der Waals surface area contributed by atoms with Crippen LogP contribution in [0.3, 0.4) is 0 Å². The van der Waals surface area contributed by atoms with Gasteiger partial charge in [0.1, 0.15) is 0 Å². The fraction of sp³-hybridized carbons (Fsp3) is 0.556. The maximum atomic E-state index is 4.44. The molecule has 0 aliphatic heterocycles. The van der Waals surface area contributed by atoms with Gasteiger partial charge in [0.15, 0.2) is 7.28 Å². The first-order valence-corrected chi connectivity index (χ1v) is 4.59. The lowest BCUT2D eigenvalue weighted by Crippen LogP contribution is -2.08. The number of thiol groups is 1. The molecule has 0 saturated carbocycles. The second-order valence-electron chi connectivity index (χ2n) is 3.09. The van der Waals surface area contributed by atoms with Crippen molar-refractivity contribution in [3.05, 3.63) is 24.2 Å². The summed E-state index contributed by atoms with van der Waals surface area (Å²) in [7, 11) is 1.08. The van der Waals surface area contributed by atoms with Gasteiger partial charge >= 0.3 is 0 Å². The predicted octanol–water partition coefficient (Wildman–Crippen LogP) is 2.64. The third-order valence-corrected chi connectivity index (χ3v) is 2.13. The molecule has 0 aromatic carbocycles. The van der Waals surface area contributed by atoms with Crippen molar-refractivity contribution >= 4 is 19.9 Å². The highest BCUT2D eigenvalue weighted by Crippen LogP contribution is 2.15. The van der Waals surface area contributed by atoms with E-state index in [4.69, 9.17) is 0 Å². The summed E-state index contributed by atoms with van der Waals surface area (Å²) in [6.45, 7) is 12.0. The molecule has 0 saturated heterocycles. The summed E-state index contributed by atoms with van der Waals surface area (Å²) in [5.74, 6) is 0. The van der Waals surface area contributed by atoms with Crippen molar-refractivity contribution < 1.29 is 0 Å². The molecule has 0 aromatic rings. The van der Waals surface area contributed by atoms with Crippen LogP contribution >= 0.6 is 12.6 Å². The van der Waals surface area contributed by atoms with E-state index < -0.39 is 0 Å². The predicted molar refractivity (Wildman–Crippen MR) is 59.0 cm³/mol. The first-order valence-electron chi connectivity index (χ1n) is 4.08. The third-order valence-electron chi connectivity index (χ3n) is 1.58. The normalized spacial score (nSPS) is 12.3. The molecule has 0 rings (SSSR count). The Bertz CT molecular complexity index is 152. The molecule has 62 valence electrons. The Morgan fingerprint density at radius 3 is 2.45 bits per heavy atom. The summed E-state index contributed by atoms with van der Waals surface area (Å²) in [5, 5.41) is 0.312. The van der Waals surface area contributed by atoms with Gasteiger partial charge in [0.05, 0.1) is 0 Å². The van der Waals surface area contributed by atoms with Crippen molar-refractivity contribution in [2.45, 2.75) is 31.8 Å². The first kappa shape index (κ1) is 10.9. The van der Waals surface area contributed by atoms with Gasteiger partial charge in [0.2, 0.25) is 0 Å². The van der Waals surface area contributed by atoms with E-state index in [1.807, 2.05) is 6.92 Å². The van der Waals surface area contributed by atoms with Gasteiger partial charge in [-0.2, -0.15) is 12.6 Å². The van der Waals surface area contributed by atoms with Gasteiger partial charge in [0.25, 0.3) is 0 Å². The van der Waals surface area contributed by atoms with Crippen LogP contribution in [-0.4, -0.2) is 12.5 Å². The third kappa shape index (κ3) is 5.20. The van der Waals surface area contributed by atoms with Crippen LogP contribution in [0.4, 0.5) is 0 Å². The minimum atomic E-state index is 0.312. The quantitative estimate of drug-likeness (QED) is 0.364. The molecule has 0 spiro atoms. The standard InChI is InChI=1S/C9H17BS/c1-5-10-8(4)9(11)6-7(2)3/h9-11H,2,4-6H2,1,3H3. The van der Waals surface area contributed by atoms with Crippen LogP contribution in [0.15, 0.2) is 24.2 Å². The Labute approximate surface area is 76.4 Å². The summed E-state index contributed by atoms with van der Waals surface area (Å²) >= 11 is 4.44. The summed E-state index contributed by atoms with van der Waals surface area (Å²) in [4.78, 5) is 0. The Hall–Kier alpha value is -0.105. The summed E-state index contributed by atoms with van der Waals surface area (Å²) in [6.07, 6.45) is 2.12. The molecule has 0 fully saturated rings.